The quantitative estimate of drug-likeness (QED) is 0.424. The number of fused-ring (bicyclic) bond motifs is 1. The summed E-state index contributed by atoms with van der Waals surface area (Å²) in [5.41, 5.74) is 7.88. The van der Waals surface area contributed by atoms with Crippen LogP contribution in [-0.2, 0) is 0 Å². The van der Waals surface area contributed by atoms with E-state index >= 15 is 0 Å². The SMILES string of the molecule is Cc1cccc(C2=C(c3ccc4ncc(-c5ccc(C(=O)O)cc5)cc4c3)C=CC=CN2)n1. The molecule has 0 unspecified atom stereocenters. The molecule has 5 nitrogen and oxygen atoms in total. The number of nitrogens with zero attached hydrogens (tertiary/aromatic N) is 2. The maximum atomic E-state index is 11.1. The highest BCUT2D eigenvalue weighted by Crippen LogP contribution is 2.30. The van der Waals surface area contributed by atoms with Crippen molar-refractivity contribution >= 4 is 28.1 Å². The second-order valence-corrected chi connectivity index (χ2v) is 7.83. The van der Waals surface area contributed by atoms with Crippen LogP contribution in [0.4, 0.5) is 0 Å². The fourth-order valence-electron chi connectivity index (χ4n) is 3.90. The molecule has 1 aliphatic rings. The number of aryl methyl sites for hydroxylation is 1. The Hall–Kier alpha value is -4.51. The van der Waals surface area contributed by atoms with Gasteiger partial charge in [0.25, 0.3) is 0 Å². The second-order valence-electron chi connectivity index (χ2n) is 7.83. The first-order valence-corrected chi connectivity index (χ1v) is 10.6. The van der Waals surface area contributed by atoms with Gasteiger partial charge < -0.3 is 10.4 Å². The largest absolute Gasteiger partial charge is 0.478 e. The van der Waals surface area contributed by atoms with Crippen molar-refractivity contribution < 1.29 is 9.90 Å². The summed E-state index contributed by atoms with van der Waals surface area (Å²) in [6.07, 6.45) is 9.78. The zero-order valence-corrected chi connectivity index (χ0v) is 18.0. The van der Waals surface area contributed by atoms with Gasteiger partial charge in [0, 0.05) is 34.6 Å². The molecular formula is C28H21N3O2. The Morgan fingerprint density at radius 3 is 2.48 bits per heavy atom. The smallest absolute Gasteiger partial charge is 0.335 e. The predicted molar refractivity (Wildman–Crippen MR) is 131 cm³/mol. The number of hydrogen-bond donors (Lipinski definition) is 2. The molecule has 2 aromatic carbocycles. The Balaban J connectivity index is 1.61. The number of nitrogens with one attached hydrogen (secondary N) is 1. The third-order valence-corrected chi connectivity index (χ3v) is 5.57. The van der Waals surface area contributed by atoms with Crippen molar-refractivity contribution in [2.75, 3.05) is 0 Å². The average molecular weight is 431 g/mol. The molecule has 2 aromatic heterocycles. The predicted octanol–water partition coefficient (Wildman–Crippen LogP) is 5.84. The zero-order chi connectivity index (χ0) is 22.8. The first-order valence-electron chi connectivity index (χ1n) is 10.6. The van der Waals surface area contributed by atoms with E-state index in [1.807, 2.05) is 67.9 Å². The van der Waals surface area contributed by atoms with Crippen molar-refractivity contribution in [2.24, 2.45) is 0 Å². The van der Waals surface area contributed by atoms with Gasteiger partial charge in [0.2, 0.25) is 0 Å². The van der Waals surface area contributed by atoms with Crippen molar-refractivity contribution in [2.45, 2.75) is 6.92 Å². The monoisotopic (exact) mass is 431 g/mol. The van der Waals surface area contributed by atoms with E-state index in [1.54, 1.807) is 12.1 Å². The van der Waals surface area contributed by atoms with Crippen molar-refractivity contribution in [3.63, 3.8) is 0 Å². The number of aromatic carboxylic acids is 1. The van der Waals surface area contributed by atoms with Crippen LogP contribution < -0.4 is 5.32 Å². The minimum Gasteiger partial charge on any atom is -0.478 e. The van der Waals surface area contributed by atoms with E-state index < -0.39 is 5.97 Å². The third-order valence-electron chi connectivity index (χ3n) is 5.57. The fraction of sp³-hybridized carbons (Fsp3) is 0.0357. The number of carbonyl (C=O) groups is 1. The molecule has 0 saturated carbocycles. The Morgan fingerprint density at radius 2 is 1.70 bits per heavy atom. The molecule has 5 heteroatoms. The molecule has 160 valence electrons. The van der Waals surface area contributed by atoms with Crippen LogP contribution in [0.15, 0.2) is 97.4 Å². The number of rotatable bonds is 4. The highest BCUT2D eigenvalue weighted by molar-refractivity contribution is 5.97. The summed E-state index contributed by atoms with van der Waals surface area (Å²) in [6, 6.07) is 21.1. The van der Waals surface area contributed by atoms with Crippen LogP contribution in [0.1, 0.15) is 27.3 Å². The summed E-state index contributed by atoms with van der Waals surface area (Å²) in [7, 11) is 0. The Labute approximate surface area is 191 Å². The molecule has 5 rings (SSSR count). The van der Waals surface area contributed by atoms with Gasteiger partial charge in [-0.1, -0.05) is 36.4 Å². The maximum absolute atomic E-state index is 11.1. The Bertz CT molecular complexity index is 1460. The molecular weight excluding hydrogens is 410 g/mol. The van der Waals surface area contributed by atoms with Crippen LogP contribution in [0.2, 0.25) is 0 Å². The lowest BCUT2D eigenvalue weighted by molar-refractivity contribution is 0.0697. The normalized spacial score (nSPS) is 13.1. The van der Waals surface area contributed by atoms with Crippen LogP contribution >= 0.6 is 0 Å². The molecule has 0 fully saturated rings. The number of hydrogen-bond acceptors (Lipinski definition) is 4. The summed E-state index contributed by atoms with van der Waals surface area (Å²) in [5.74, 6) is -0.936. The summed E-state index contributed by atoms with van der Waals surface area (Å²) >= 11 is 0. The topological polar surface area (TPSA) is 75.1 Å². The van der Waals surface area contributed by atoms with E-state index in [4.69, 9.17) is 10.1 Å². The van der Waals surface area contributed by atoms with Crippen LogP contribution in [-0.4, -0.2) is 21.0 Å². The number of benzene rings is 2. The lowest BCUT2D eigenvalue weighted by Gasteiger charge is -2.13. The molecule has 2 N–H and O–H groups in total. The number of carboxylic acid groups (broad SMARTS) is 1. The van der Waals surface area contributed by atoms with Gasteiger partial charge in [-0.25, -0.2) is 4.79 Å². The van der Waals surface area contributed by atoms with Crippen molar-refractivity contribution in [1.82, 2.24) is 15.3 Å². The van der Waals surface area contributed by atoms with Gasteiger partial charge in [-0.15, -0.1) is 0 Å². The average Bonchev–Trinajstić information content (AvgIpc) is 3.10. The lowest BCUT2D eigenvalue weighted by atomic mass is 9.98. The van der Waals surface area contributed by atoms with E-state index in [1.165, 1.54) is 0 Å². The second kappa shape index (κ2) is 8.55. The van der Waals surface area contributed by atoms with E-state index in [9.17, 15) is 4.79 Å². The fourth-order valence-corrected chi connectivity index (χ4v) is 3.90. The molecule has 3 heterocycles. The molecule has 0 amide bonds. The molecule has 0 bridgehead atoms. The lowest BCUT2D eigenvalue weighted by Crippen LogP contribution is -2.08. The molecule has 33 heavy (non-hydrogen) atoms. The van der Waals surface area contributed by atoms with E-state index in [0.717, 1.165) is 50.3 Å². The van der Waals surface area contributed by atoms with Gasteiger partial charge in [-0.05, 0) is 66.6 Å². The van der Waals surface area contributed by atoms with Crippen molar-refractivity contribution in [1.29, 1.82) is 0 Å². The Kier molecular flexibility index (Phi) is 5.29. The summed E-state index contributed by atoms with van der Waals surface area (Å²) in [5, 5.41) is 13.5. The third kappa shape index (κ3) is 4.16. The summed E-state index contributed by atoms with van der Waals surface area (Å²) in [4.78, 5) is 20.5. The van der Waals surface area contributed by atoms with E-state index in [-0.39, 0.29) is 5.56 Å². The molecule has 0 radical (unpaired) electrons. The standard InChI is InChI=1S/C28H21N3O2/c1-18-5-4-7-26(31-18)27-24(6-2-3-14-29-27)21-12-13-25-22(15-21)16-23(17-30-25)19-8-10-20(11-9-19)28(32)33/h2-17,29H,1H3,(H,32,33). The van der Waals surface area contributed by atoms with Crippen molar-refractivity contribution in [3.05, 3.63) is 120 Å². The van der Waals surface area contributed by atoms with Gasteiger partial charge in [-0.2, -0.15) is 0 Å². The van der Waals surface area contributed by atoms with Crippen LogP contribution in [0.25, 0.3) is 33.3 Å². The van der Waals surface area contributed by atoms with Crippen LogP contribution in [0.3, 0.4) is 0 Å². The van der Waals surface area contributed by atoms with Crippen LogP contribution in [0, 0.1) is 6.92 Å². The highest BCUT2D eigenvalue weighted by atomic mass is 16.4. The Morgan fingerprint density at radius 1 is 0.909 bits per heavy atom. The minimum absolute atomic E-state index is 0.264. The first kappa shape index (κ1) is 20.4. The maximum Gasteiger partial charge on any atom is 0.335 e. The molecule has 1 aliphatic heterocycles. The molecule has 0 aliphatic carbocycles. The molecule has 0 spiro atoms. The number of aromatic nitrogens is 2. The van der Waals surface area contributed by atoms with Gasteiger partial charge in [0.15, 0.2) is 0 Å². The van der Waals surface area contributed by atoms with E-state index in [0.29, 0.717) is 0 Å². The van der Waals surface area contributed by atoms with E-state index in [2.05, 4.69) is 34.6 Å². The van der Waals surface area contributed by atoms with Gasteiger partial charge in [0.1, 0.15) is 0 Å². The minimum atomic E-state index is -0.936. The summed E-state index contributed by atoms with van der Waals surface area (Å²) < 4.78 is 0. The molecule has 0 atom stereocenters. The van der Waals surface area contributed by atoms with Gasteiger partial charge >= 0.3 is 5.97 Å². The van der Waals surface area contributed by atoms with Gasteiger partial charge in [-0.3, -0.25) is 9.97 Å². The zero-order valence-electron chi connectivity index (χ0n) is 18.0. The van der Waals surface area contributed by atoms with Crippen LogP contribution in [0.5, 0.6) is 0 Å². The number of carboxylic acids is 1. The molecule has 0 saturated heterocycles. The highest BCUT2D eigenvalue weighted by Gasteiger charge is 2.13. The molecule has 4 aromatic rings. The van der Waals surface area contributed by atoms with Crippen molar-refractivity contribution in [3.8, 4) is 11.1 Å². The van der Waals surface area contributed by atoms with Gasteiger partial charge in [0.05, 0.1) is 22.5 Å². The number of pyridine rings is 2. The number of allylic oxidation sites excluding steroid dienone is 4. The first-order chi connectivity index (χ1) is 16.1. The summed E-state index contributed by atoms with van der Waals surface area (Å²) in [6.45, 7) is 1.98.